The Bertz CT molecular complexity index is 1400. The molecule has 0 unspecified atom stereocenters. The van der Waals surface area contributed by atoms with E-state index in [1.165, 1.54) is 24.3 Å². The van der Waals surface area contributed by atoms with Gasteiger partial charge in [0.25, 0.3) is 0 Å². The third kappa shape index (κ3) is 8.01. The van der Waals surface area contributed by atoms with Crippen LogP contribution in [0.15, 0.2) is 110 Å². The minimum Gasteiger partial charge on any atom is -0.321 e. The molecule has 2 aromatic heterocycles. The molecule has 0 bridgehead atoms. The standard InChI is InChI=1S/C28H26N2O6P2/c31-37(32,33)27-9-5-25(6-10-27)21-29-17-13-23(14-18-29)3-1-2-4-24-15-19-30(20-16-24)22-26-7-11-28(12-8-26)38(34,35)36/h1-20H,21-22H2,(H2-2,31,32,33,34,35,36)/p+2. The highest BCUT2D eigenvalue weighted by molar-refractivity contribution is 7.60. The van der Waals surface area contributed by atoms with E-state index < -0.39 is 15.2 Å². The number of nitrogens with zero attached hydrogens (tertiary/aromatic N) is 2. The lowest BCUT2D eigenvalue weighted by Crippen LogP contribution is -2.33. The van der Waals surface area contributed by atoms with Crippen molar-refractivity contribution in [1.82, 2.24) is 0 Å². The lowest BCUT2D eigenvalue weighted by Gasteiger charge is -2.04. The summed E-state index contributed by atoms with van der Waals surface area (Å²) in [7, 11) is -8.45. The number of aromatic nitrogens is 2. The summed E-state index contributed by atoms with van der Waals surface area (Å²) in [5.74, 6) is 0. The van der Waals surface area contributed by atoms with Crippen LogP contribution in [0.5, 0.6) is 0 Å². The molecule has 38 heavy (non-hydrogen) atoms. The van der Waals surface area contributed by atoms with Gasteiger partial charge in [-0.3, -0.25) is 9.13 Å². The second-order valence-electron chi connectivity index (χ2n) is 8.75. The number of hydrogen-bond donors (Lipinski definition) is 4. The van der Waals surface area contributed by atoms with E-state index in [-0.39, 0.29) is 10.6 Å². The molecule has 0 amide bonds. The maximum Gasteiger partial charge on any atom is 0.356 e. The molecule has 0 radical (unpaired) electrons. The Kier molecular flexibility index (Phi) is 8.65. The van der Waals surface area contributed by atoms with Crippen LogP contribution in [-0.4, -0.2) is 19.6 Å². The Hall–Kier alpha value is -3.48. The highest BCUT2D eigenvalue weighted by atomic mass is 31.2. The van der Waals surface area contributed by atoms with E-state index in [1.807, 2.05) is 82.5 Å². The fourth-order valence-electron chi connectivity index (χ4n) is 3.72. The van der Waals surface area contributed by atoms with Gasteiger partial charge in [0, 0.05) is 35.4 Å². The van der Waals surface area contributed by atoms with Crippen molar-refractivity contribution < 1.29 is 37.8 Å². The molecular weight excluding hydrogens is 522 g/mol. The Morgan fingerprint density at radius 3 is 1.13 bits per heavy atom. The number of allylic oxidation sites excluding steroid dienone is 2. The molecule has 10 heteroatoms. The van der Waals surface area contributed by atoms with Crippen LogP contribution in [-0.2, 0) is 22.2 Å². The molecule has 0 saturated carbocycles. The molecule has 0 aliphatic heterocycles. The number of pyridine rings is 2. The van der Waals surface area contributed by atoms with E-state index in [0.29, 0.717) is 13.1 Å². The summed E-state index contributed by atoms with van der Waals surface area (Å²) in [6, 6.07) is 20.7. The summed E-state index contributed by atoms with van der Waals surface area (Å²) >= 11 is 0. The van der Waals surface area contributed by atoms with Crippen LogP contribution in [0.4, 0.5) is 0 Å². The molecule has 4 N–H and O–H groups in total. The Labute approximate surface area is 220 Å². The van der Waals surface area contributed by atoms with E-state index in [4.69, 9.17) is 0 Å². The Morgan fingerprint density at radius 2 is 0.842 bits per heavy atom. The van der Waals surface area contributed by atoms with Crippen molar-refractivity contribution in [3.05, 3.63) is 132 Å². The topological polar surface area (TPSA) is 123 Å². The summed E-state index contributed by atoms with van der Waals surface area (Å²) in [4.78, 5) is 36.9. The molecule has 8 nitrogen and oxygen atoms in total. The maximum atomic E-state index is 11.3. The van der Waals surface area contributed by atoms with Crippen LogP contribution >= 0.6 is 15.2 Å². The fraction of sp³-hybridized carbons (Fsp3) is 0.0714. The molecule has 0 atom stereocenters. The van der Waals surface area contributed by atoms with Crippen LogP contribution in [0.3, 0.4) is 0 Å². The third-order valence-electron chi connectivity index (χ3n) is 5.80. The number of benzene rings is 2. The zero-order valence-electron chi connectivity index (χ0n) is 20.4. The van der Waals surface area contributed by atoms with E-state index in [0.717, 1.165) is 22.3 Å². The van der Waals surface area contributed by atoms with E-state index in [1.54, 1.807) is 24.3 Å². The molecule has 0 spiro atoms. The van der Waals surface area contributed by atoms with E-state index >= 15 is 0 Å². The predicted molar refractivity (Wildman–Crippen MR) is 146 cm³/mol. The van der Waals surface area contributed by atoms with E-state index in [2.05, 4.69) is 0 Å². The van der Waals surface area contributed by atoms with Crippen molar-refractivity contribution in [1.29, 1.82) is 0 Å². The van der Waals surface area contributed by atoms with Gasteiger partial charge in [0.05, 0.1) is 10.6 Å². The molecular formula is C28H28N2O6P2+2. The summed E-state index contributed by atoms with van der Waals surface area (Å²) < 4.78 is 26.6. The van der Waals surface area contributed by atoms with Crippen LogP contribution in [0, 0.1) is 0 Å². The van der Waals surface area contributed by atoms with Gasteiger partial charge in [-0.05, 0) is 35.4 Å². The zero-order valence-corrected chi connectivity index (χ0v) is 22.1. The van der Waals surface area contributed by atoms with Gasteiger partial charge >= 0.3 is 15.2 Å². The van der Waals surface area contributed by atoms with Gasteiger partial charge in [-0.1, -0.05) is 48.6 Å². The van der Waals surface area contributed by atoms with Crippen molar-refractivity contribution in [3.63, 3.8) is 0 Å². The van der Waals surface area contributed by atoms with Crippen molar-refractivity contribution in [2.24, 2.45) is 0 Å². The van der Waals surface area contributed by atoms with Crippen LogP contribution in [0.2, 0.25) is 0 Å². The first-order valence-corrected chi connectivity index (χ1v) is 14.9. The van der Waals surface area contributed by atoms with Gasteiger partial charge in [-0.25, -0.2) is 9.13 Å². The van der Waals surface area contributed by atoms with Crippen molar-refractivity contribution in [2.45, 2.75) is 13.1 Å². The molecule has 194 valence electrons. The normalized spacial score (nSPS) is 12.4. The average molecular weight is 550 g/mol. The minimum absolute atomic E-state index is 0.0166. The lowest BCUT2D eigenvalue weighted by molar-refractivity contribution is -0.688. The molecule has 0 aliphatic carbocycles. The maximum absolute atomic E-state index is 11.3. The smallest absolute Gasteiger partial charge is 0.321 e. The van der Waals surface area contributed by atoms with Crippen LogP contribution in [0.25, 0.3) is 12.2 Å². The quantitative estimate of drug-likeness (QED) is 0.144. The van der Waals surface area contributed by atoms with Gasteiger partial charge in [-0.2, -0.15) is 0 Å². The second-order valence-corrected chi connectivity index (χ2v) is 12.0. The summed E-state index contributed by atoms with van der Waals surface area (Å²) in [5.41, 5.74) is 3.97. The Morgan fingerprint density at radius 1 is 0.526 bits per heavy atom. The fourth-order valence-corrected chi connectivity index (χ4v) is 4.79. The third-order valence-corrected chi connectivity index (χ3v) is 7.74. The van der Waals surface area contributed by atoms with Gasteiger partial charge in [0.15, 0.2) is 37.9 Å². The lowest BCUT2D eigenvalue weighted by atomic mass is 10.2. The van der Waals surface area contributed by atoms with Gasteiger partial charge in [0.1, 0.15) is 0 Å². The molecule has 4 rings (SSSR count). The molecule has 2 heterocycles. The average Bonchev–Trinajstić information content (AvgIpc) is 2.88. The molecule has 0 saturated heterocycles. The first-order chi connectivity index (χ1) is 18.1. The zero-order chi connectivity index (χ0) is 27.2. The summed E-state index contributed by atoms with van der Waals surface area (Å²) in [6.07, 6.45) is 15.7. The van der Waals surface area contributed by atoms with Gasteiger partial charge < -0.3 is 19.6 Å². The first-order valence-electron chi connectivity index (χ1n) is 11.7. The molecule has 0 aliphatic rings. The largest absolute Gasteiger partial charge is 0.356 e. The van der Waals surface area contributed by atoms with Crippen molar-refractivity contribution in [3.8, 4) is 0 Å². The molecule has 0 fully saturated rings. The van der Waals surface area contributed by atoms with Crippen LogP contribution in [0.1, 0.15) is 22.3 Å². The van der Waals surface area contributed by atoms with Crippen LogP contribution < -0.4 is 19.7 Å². The predicted octanol–water partition coefficient (Wildman–Crippen LogP) is 2.69. The first kappa shape index (κ1) is 27.6. The monoisotopic (exact) mass is 550 g/mol. The Balaban J connectivity index is 1.28. The minimum atomic E-state index is -4.22. The highest BCUT2D eigenvalue weighted by Gasteiger charge is 2.17. The van der Waals surface area contributed by atoms with Crippen molar-refractivity contribution in [2.75, 3.05) is 0 Å². The van der Waals surface area contributed by atoms with Gasteiger partial charge in [-0.15, -0.1) is 0 Å². The number of hydrogen-bond acceptors (Lipinski definition) is 2. The summed E-state index contributed by atoms with van der Waals surface area (Å²) in [6.45, 7) is 1.19. The van der Waals surface area contributed by atoms with Gasteiger partial charge in [0.2, 0.25) is 0 Å². The molecule has 4 aromatic rings. The molecule has 2 aromatic carbocycles. The summed E-state index contributed by atoms with van der Waals surface area (Å²) in [5, 5.41) is 0.0332. The second kappa shape index (κ2) is 11.9. The highest BCUT2D eigenvalue weighted by Crippen LogP contribution is 2.33. The SMILES string of the molecule is O=P(O)(O)c1ccc(C[n+]2ccc(C=CC=Cc3cc[n+](Cc4ccc(P(=O)(O)O)cc4)cc3)cc2)cc1. The van der Waals surface area contributed by atoms with E-state index in [9.17, 15) is 28.7 Å². The number of rotatable bonds is 9. The van der Waals surface area contributed by atoms with Crippen molar-refractivity contribution >= 4 is 38.0 Å².